The molecule has 0 spiro atoms. The Hall–Kier alpha value is -3.35. The molecule has 1 amide bonds. The summed E-state index contributed by atoms with van der Waals surface area (Å²) >= 11 is 1.85. The highest BCUT2D eigenvalue weighted by Gasteiger charge is 2.25. The standard InChI is InChI=1S/C23H19F4IN4O2/c1-3-5-31-23(33)13-8-12(7-11-4-6-30-22(29)19(11)26)18(25)20(27)21(13)32-16-10-17(34-2)15(28)9-14(16)24/h3-4,6,8-10,32H,1,5,7H2,2H3,(H2,29,30)(H,31,33). The first-order valence-corrected chi connectivity index (χ1v) is 10.8. The summed E-state index contributed by atoms with van der Waals surface area (Å²) in [5.74, 6) is -5.34. The van der Waals surface area contributed by atoms with E-state index in [-0.39, 0.29) is 34.7 Å². The van der Waals surface area contributed by atoms with Crippen LogP contribution in [0.5, 0.6) is 5.75 Å². The molecule has 0 atom stereocenters. The number of amides is 1. The van der Waals surface area contributed by atoms with Crippen molar-refractivity contribution in [1.29, 1.82) is 0 Å². The number of aromatic nitrogens is 1. The zero-order valence-corrected chi connectivity index (χ0v) is 20.0. The summed E-state index contributed by atoms with van der Waals surface area (Å²) in [6.45, 7) is 3.53. The number of nitrogens with zero attached hydrogens (tertiary/aromatic N) is 1. The van der Waals surface area contributed by atoms with E-state index in [1.165, 1.54) is 31.5 Å². The molecule has 0 fully saturated rings. The highest BCUT2D eigenvalue weighted by Crippen LogP contribution is 2.34. The summed E-state index contributed by atoms with van der Waals surface area (Å²) in [5, 5.41) is 4.93. The fourth-order valence-corrected chi connectivity index (χ4v) is 3.78. The first kappa shape index (κ1) is 25.3. The van der Waals surface area contributed by atoms with Crippen LogP contribution in [0.25, 0.3) is 0 Å². The minimum atomic E-state index is -1.44. The van der Waals surface area contributed by atoms with Gasteiger partial charge in [-0.3, -0.25) is 4.79 Å². The van der Waals surface area contributed by atoms with Gasteiger partial charge in [-0.25, -0.2) is 22.5 Å². The van der Waals surface area contributed by atoms with Crippen molar-refractivity contribution in [3.8, 4) is 5.75 Å². The van der Waals surface area contributed by atoms with Gasteiger partial charge in [0.2, 0.25) is 0 Å². The zero-order valence-electron chi connectivity index (χ0n) is 17.8. The molecule has 4 N–H and O–H groups in total. The number of rotatable bonds is 8. The number of methoxy groups -OCH3 is 1. The number of pyridine rings is 1. The predicted octanol–water partition coefficient (Wildman–Crippen LogP) is 5.08. The summed E-state index contributed by atoms with van der Waals surface area (Å²) in [5.41, 5.74) is 3.93. The number of anilines is 3. The van der Waals surface area contributed by atoms with Crippen molar-refractivity contribution in [3.05, 3.63) is 86.6 Å². The van der Waals surface area contributed by atoms with Crippen LogP contribution < -0.4 is 21.1 Å². The van der Waals surface area contributed by atoms with Gasteiger partial charge in [0.1, 0.15) is 11.6 Å². The number of carbonyl (C=O) groups is 1. The van der Waals surface area contributed by atoms with Crippen molar-refractivity contribution in [2.75, 3.05) is 24.7 Å². The number of nitrogen functional groups attached to an aromatic ring is 1. The number of nitrogens with two attached hydrogens (primary N) is 1. The number of halogens is 5. The molecule has 3 aromatic rings. The fourth-order valence-electron chi connectivity index (χ4n) is 3.13. The molecular formula is C23H19F4IN4O2. The van der Waals surface area contributed by atoms with Crippen molar-refractivity contribution in [3.63, 3.8) is 0 Å². The molecule has 0 unspecified atom stereocenters. The van der Waals surface area contributed by atoms with E-state index in [1.807, 2.05) is 22.6 Å². The summed E-state index contributed by atoms with van der Waals surface area (Å²) in [7, 11) is 1.37. The normalized spacial score (nSPS) is 10.6. The Morgan fingerprint density at radius 1 is 1.18 bits per heavy atom. The zero-order chi connectivity index (χ0) is 25.0. The molecule has 0 bridgehead atoms. The van der Waals surface area contributed by atoms with Crippen LogP contribution >= 0.6 is 22.6 Å². The van der Waals surface area contributed by atoms with Gasteiger partial charge < -0.3 is 21.1 Å². The molecule has 0 saturated heterocycles. The van der Waals surface area contributed by atoms with Gasteiger partial charge in [0.15, 0.2) is 23.3 Å². The molecule has 0 aliphatic carbocycles. The molecule has 1 aromatic heterocycles. The Kier molecular flexibility index (Phi) is 7.97. The Morgan fingerprint density at radius 2 is 1.91 bits per heavy atom. The van der Waals surface area contributed by atoms with Gasteiger partial charge in [0.25, 0.3) is 5.91 Å². The first-order chi connectivity index (χ1) is 16.2. The van der Waals surface area contributed by atoms with Gasteiger partial charge >= 0.3 is 0 Å². The quantitative estimate of drug-likeness (QED) is 0.195. The Bertz CT molecular complexity index is 1270. The third-order valence-corrected chi connectivity index (χ3v) is 5.65. The van der Waals surface area contributed by atoms with E-state index in [0.717, 1.165) is 12.1 Å². The third-order valence-electron chi connectivity index (χ3n) is 4.81. The topological polar surface area (TPSA) is 89.3 Å². The Labute approximate surface area is 206 Å². The molecule has 0 aliphatic heterocycles. The van der Waals surface area contributed by atoms with E-state index in [1.54, 1.807) is 0 Å². The minimum absolute atomic E-state index is 0.0356. The molecule has 11 heteroatoms. The lowest BCUT2D eigenvalue weighted by Crippen LogP contribution is -2.25. The van der Waals surface area contributed by atoms with Crippen molar-refractivity contribution < 1.29 is 27.1 Å². The summed E-state index contributed by atoms with van der Waals surface area (Å²) in [6, 6.07) is 4.72. The number of benzene rings is 2. The van der Waals surface area contributed by atoms with E-state index in [0.29, 0.717) is 3.57 Å². The second-order valence-corrected chi connectivity index (χ2v) is 8.18. The van der Waals surface area contributed by atoms with Crippen LogP contribution in [0.15, 0.2) is 43.1 Å². The molecule has 2 aromatic carbocycles. The summed E-state index contributed by atoms with van der Waals surface area (Å²) in [4.78, 5) is 16.3. The second kappa shape index (κ2) is 10.7. The van der Waals surface area contributed by atoms with Gasteiger partial charge in [-0.15, -0.1) is 6.58 Å². The maximum atomic E-state index is 15.2. The molecule has 0 radical (unpaired) electrons. The number of ether oxygens (including phenoxy) is 1. The van der Waals surface area contributed by atoms with Crippen LogP contribution in [0, 0.1) is 26.8 Å². The third kappa shape index (κ3) is 5.24. The molecule has 1 heterocycles. The van der Waals surface area contributed by atoms with Gasteiger partial charge in [0, 0.05) is 25.2 Å². The molecule has 3 rings (SSSR count). The van der Waals surface area contributed by atoms with Crippen molar-refractivity contribution in [2.24, 2.45) is 0 Å². The van der Waals surface area contributed by atoms with Gasteiger partial charge in [0.05, 0.1) is 27.6 Å². The lowest BCUT2D eigenvalue weighted by Gasteiger charge is -2.17. The fraction of sp³-hybridized carbons (Fsp3) is 0.130. The number of hydrogen-bond acceptors (Lipinski definition) is 5. The van der Waals surface area contributed by atoms with Crippen LogP contribution in [0.1, 0.15) is 21.5 Å². The molecule has 34 heavy (non-hydrogen) atoms. The highest BCUT2D eigenvalue weighted by atomic mass is 127. The van der Waals surface area contributed by atoms with Gasteiger partial charge in [-0.2, -0.15) is 0 Å². The monoisotopic (exact) mass is 586 g/mol. The molecule has 6 nitrogen and oxygen atoms in total. The number of carbonyl (C=O) groups excluding carboxylic acids is 1. The smallest absolute Gasteiger partial charge is 0.253 e. The van der Waals surface area contributed by atoms with Crippen LogP contribution in [-0.4, -0.2) is 24.5 Å². The minimum Gasteiger partial charge on any atom is -0.496 e. The lowest BCUT2D eigenvalue weighted by molar-refractivity contribution is 0.0958. The van der Waals surface area contributed by atoms with E-state index in [4.69, 9.17) is 10.5 Å². The highest BCUT2D eigenvalue weighted by molar-refractivity contribution is 14.1. The first-order valence-electron chi connectivity index (χ1n) is 9.76. The van der Waals surface area contributed by atoms with Crippen LogP contribution in [0.3, 0.4) is 0 Å². The average molecular weight is 586 g/mol. The van der Waals surface area contributed by atoms with Crippen LogP contribution in [-0.2, 0) is 6.42 Å². The van der Waals surface area contributed by atoms with Crippen molar-refractivity contribution in [2.45, 2.75) is 6.42 Å². The van der Waals surface area contributed by atoms with Crippen LogP contribution in [0.2, 0.25) is 0 Å². The summed E-state index contributed by atoms with van der Waals surface area (Å²) in [6.07, 6.45) is 2.21. The number of nitrogens with one attached hydrogen (secondary N) is 2. The molecule has 0 saturated carbocycles. The number of hydrogen-bond donors (Lipinski definition) is 3. The Balaban J connectivity index is 2.14. The van der Waals surface area contributed by atoms with E-state index in [9.17, 15) is 13.6 Å². The SMILES string of the molecule is C=CCNC(=O)c1cc(Cc2ccnc(N)c2F)c(F)c(F)c1Nc1cc(OC)c(I)cc1F. The molecular weight excluding hydrogens is 567 g/mol. The van der Waals surface area contributed by atoms with E-state index >= 15 is 8.78 Å². The average Bonchev–Trinajstić information content (AvgIpc) is 2.81. The van der Waals surface area contributed by atoms with Gasteiger partial charge in [-0.05, 0) is 51.9 Å². The largest absolute Gasteiger partial charge is 0.496 e. The lowest BCUT2D eigenvalue weighted by atomic mass is 9.99. The molecule has 0 aliphatic rings. The summed E-state index contributed by atoms with van der Waals surface area (Å²) < 4.78 is 64.7. The van der Waals surface area contributed by atoms with E-state index in [2.05, 4.69) is 22.2 Å². The van der Waals surface area contributed by atoms with Crippen molar-refractivity contribution in [1.82, 2.24) is 10.3 Å². The van der Waals surface area contributed by atoms with Crippen LogP contribution in [0.4, 0.5) is 34.8 Å². The predicted molar refractivity (Wildman–Crippen MR) is 129 cm³/mol. The van der Waals surface area contributed by atoms with Crippen molar-refractivity contribution >= 4 is 45.7 Å². The van der Waals surface area contributed by atoms with Gasteiger partial charge in [-0.1, -0.05) is 6.08 Å². The maximum Gasteiger partial charge on any atom is 0.253 e. The Morgan fingerprint density at radius 3 is 2.59 bits per heavy atom. The molecule has 178 valence electrons. The second-order valence-electron chi connectivity index (χ2n) is 7.02. The maximum absolute atomic E-state index is 15.2. The van der Waals surface area contributed by atoms with E-state index < -0.39 is 47.1 Å².